The van der Waals surface area contributed by atoms with Crippen molar-refractivity contribution in [2.45, 2.75) is 33.2 Å². The van der Waals surface area contributed by atoms with Crippen molar-refractivity contribution < 1.29 is 9.53 Å². The van der Waals surface area contributed by atoms with E-state index in [0.29, 0.717) is 29.8 Å². The molecule has 2 aromatic heterocycles. The Morgan fingerprint density at radius 1 is 1.10 bits per heavy atom. The van der Waals surface area contributed by atoms with Crippen molar-refractivity contribution in [2.75, 3.05) is 11.5 Å². The van der Waals surface area contributed by atoms with Gasteiger partial charge >= 0.3 is 0 Å². The highest BCUT2D eigenvalue weighted by molar-refractivity contribution is 7.22. The molecular weight excluding hydrogens is 406 g/mol. The van der Waals surface area contributed by atoms with Gasteiger partial charge in [-0.3, -0.25) is 14.7 Å². The van der Waals surface area contributed by atoms with Crippen LogP contribution in [0.2, 0.25) is 0 Å². The lowest BCUT2D eigenvalue weighted by molar-refractivity contribution is 0.0985. The molecule has 4 rings (SSSR count). The zero-order chi connectivity index (χ0) is 21.8. The van der Waals surface area contributed by atoms with Gasteiger partial charge in [0, 0.05) is 18.0 Å². The van der Waals surface area contributed by atoms with Crippen LogP contribution in [-0.2, 0) is 6.54 Å². The number of thiazole rings is 1. The number of carbonyl (C=O) groups is 1. The van der Waals surface area contributed by atoms with E-state index in [1.54, 1.807) is 29.4 Å². The maximum atomic E-state index is 13.5. The van der Waals surface area contributed by atoms with Crippen LogP contribution in [0.25, 0.3) is 10.2 Å². The molecule has 4 aromatic rings. The molecule has 6 heteroatoms. The summed E-state index contributed by atoms with van der Waals surface area (Å²) in [7, 11) is 0. The van der Waals surface area contributed by atoms with Crippen LogP contribution in [0.1, 0.15) is 48.2 Å². The van der Waals surface area contributed by atoms with Crippen molar-refractivity contribution in [3.63, 3.8) is 0 Å². The predicted octanol–water partition coefficient (Wildman–Crippen LogP) is 6.06. The molecule has 0 saturated heterocycles. The van der Waals surface area contributed by atoms with Crippen molar-refractivity contribution in [1.82, 2.24) is 9.97 Å². The van der Waals surface area contributed by atoms with E-state index < -0.39 is 0 Å². The van der Waals surface area contributed by atoms with Crippen LogP contribution in [-0.4, -0.2) is 22.5 Å². The van der Waals surface area contributed by atoms with E-state index in [-0.39, 0.29) is 5.91 Å². The third-order valence-corrected chi connectivity index (χ3v) is 6.06. The number of aromatic nitrogens is 2. The molecule has 0 bridgehead atoms. The molecule has 0 aliphatic rings. The summed E-state index contributed by atoms with van der Waals surface area (Å²) in [5, 5.41) is 0.686. The molecule has 2 aromatic carbocycles. The summed E-state index contributed by atoms with van der Waals surface area (Å²) in [5.41, 5.74) is 3.70. The average Bonchev–Trinajstić information content (AvgIpc) is 3.22. The van der Waals surface area contributed by atoms with Gasteiger partial charge in [-0.25, -0.2) is 4.98 Å². The lowest BCUT2D eigenvalue weighted by Gasteiger charge is -2.20. The van der Waals surface area contributed by atoms with Gasteiger partial charge in [-0.15, -0.1) is 0 Å². The van der Waals surface area contributed by atoms with Gasteiger partial charge in [-0.2, -0.15) is 0 Å². The maximum absolute atomic E-state index is 13.5. The van der Waals surface area contributed by atoms with Gasteiger partial charge in [0.05, 0.1) is 23.4 Å². The van der Waals surface area contributed by atoms with Crippen LogP contribution in [0.3, 0.4) is 0 Å². The number of anilines is 1. The first-order valence-corrected chi connectivity index (χ1v) is 11.2. The van der Waals surface area contributed by atoms with E-state index in [9.17, 15) is 4.79 Å². The van der Waals surface area contributed by atoms with Crippen LogP contribution in [0.5, 0.6) is 5.75 Å². The highest BCUT2D eigenvalue weighted by atomic mass is 32.1. The molecule has 5 nitrogen and oxygen atoms in total. The summed E-state index contributed by atoms with van der Waals surface area (Å²) in [6.45, 7) is 7.24. The zero-order valence-corrected chi connectivity index (χ0v) is 18.7. The predicted molar refractivity (Wildman–Crippen MR) is 126 cm³/mol. The molecule has 0 aliphatic carbocycles. The van der Waals surface area contributed by atoms with Crippen molar-refractivity contribution in [2.24, 2.45) is 0 Å². The number of fused-ring (bicyclic) bond motifs is 1. The molecule has 31 heavy (non-hydrogen) atoms. The van der Waals surface area contributed by atoms with Gasteiger partial charge in [-0.1, -0.05) is 43.4 Å². The molecular formula is C25H25N3O2S. The fraction of sp³-hybridized carbons (Fsp3) is 0.240. The van der Waals surface area contributed by atoms with Crippen LogP contribution in [0.4, 0.5) is 5.13 Å². The number of ether oxygens (including phenoxy) is 1. The van der Waals surface area contributed by atoms with Crippen LogP contribution < -0.4 is 9.64 Å². The molecule has 0 saturated carbocycles. The van der Waals surface area contributed by atoms with Crippen molar-refractivity contribution in [3.8, 4) is 5.75 Å². The minimum Gasteiger partial charge on any atom is -0.494 e. The Kier molecular flexibility index (Phi) is 6.28. The van der Waals surface area contributed by atoms with E-state index in [1.165, 1.54) is 16.9 Å². The fourth-order valence-corrected chi connectivity index (χ4v) is 4.45. The fourth-order valence-electron chi connectivity index (χ4n) is 3.46. The van der Waals surface area contributed by atoms with Crippen LogP contribution >= 0.6 is 11.3 Å². The standard InChI is InChI=1S/C25H25N3O2S/c1-4-30-20-12-10-19(11-13-20)24(29)28(16-18-7-6-14-26-15-18)25-27-23-21(17(2)3)8-5-9-22(23)31-25/h5-15,17H,4,16H2,1-3H3. The molecule has 0 fully saturated rings. The van der Waals surface area contributed by atoms with Crippen molar-refractivity contribution >= 4 is 32.6 Å². The number of rotatable bonds is 7. The first-order chi connectivity index (χ1) is 15.1. The Labute approximate surface area is 186 Å². The van der Waals surface area contributed by atoms with Gasteiger partial charge < -0.3 is 4.74 Å². The molecule has 0 radical (unpaired) electrons. The second kappa shape index (κ2) is 9.27. The zero-order valence-electron chi connectivity index (χ0n) is 17.9. The number of pyridine rings is 1. The van der Waals surface area contributed by atoms with Gasteiger partial charge in [0.2, 0.25) is 0 Å². The van der Waals surface area contributed by atoms with E-state index in [2.05, 4.69) is 37.0 Å². The van der Waals surface area contributed by atoms with Gasteiger partial charge in [-0.05, 0) is 60.4 Å². The molecule has 0 spiro atoms. The minimum absolute atomic E-state index is 0.0999. The second-order valence-corrected chi connectivity index (χ2v) is 8.56. The summed E-state index contributed by atoms with van der Waals surface area (Å²) in [5.74, 6) is 1.00. The lowest BCUT2D eigenvalue weighted by atomic mass is 10.0. The number of hydrogen-bond acceptors (Lipinski definition) is 5. The van der Waals surface area contributed by atoms with Gasteiger partial charge in [0.15, 0.2) is 5.13 Å². The van der Waals surface area contributed by atoms with Crippen molar-refractivity contribution in [3.05, 3.63) is 83.7 Å². The topological polar surface area (TPSA) is 55.3 Å². The van der Waals surface area contributed by atoms with Gasteiger partial charge in [0.25, 0.3) is 5.91 Å². The van der Waals surface area contributed by atoms with Crippen LogP contribution in [0, 0.1) is 0 Å². The van der Waals surface area contributed by atoms with E-state index in [1.807, 2.05) is 31.2 Å². The smallest absolute Gasteiger partial charge is 0.260 e. The summed E-state index contributed by atoms with van der Waals surface area (Å²) < 4.78 is 6.59. The number of carbonyl (C=O) groups excluding carboxylic acids is 1. The molecule has 0 aliphatic heterocycles. The Morgan fingerprint density at radius 2 is 1.90 bits per heavy atom. The molecule has 0 atom stereocenters. The largest absolute Gasteiger partial charge is 0.494 e. The third kappa shape index (κ3) is 4.59. The minimum atomic E-state index is -0.0999. The summed E-state index contributed by atoms with van der Waals surface area (Å²) in [6, 6.07) is 17.3. The number of benzene rings is 2. The number of nitrogens with zero attached hydrogens (tertiary/aromatic N) is 3. The summed E-state index contributed by atoms with van der Waals surface area (Å²) in [4.78, 5) is 24.4. The lowest BCUT2D eigenvalue weighted by Crippen LogP contribution is -2.30. The number of amides is 1. The maximum Gasteiger partial charge on any atom is 0.260 e. The average molecular weight is 432 g/mol. The van der Waals surface area contributed by atoms with E-state index >= 15 is 0 Å². The van der Waals surface area contributed by atoms with Gasteiger partial charge in [0.1, 0.15) is 5.75 Å². The monoisotopic (exact) mass is 431 g/mol. The molecule has 0 N–H and O–H groups in total. The highest BCUT2D eigenvalue weighted by Crippen LogP contribution is 2.34. The van der Waals surface area contributed by atoms with E-state index in [0.717, 1.165) is 21.5 Å². The molecule has 158 valence electrons. The Balaban J connectivity index is 1.75. The summed E-state index contributed by atoms with van der Waals surface area (Å²) in [6.07, 6.45) is 3.51. The SMILES string of the molecule is CCOc1ccc(C(=O)N(Cc2cccnc2)c2nc3c(C(C)C)cccc3s2)cc1. The van der Waals surface area contributed by atoms with Crippen LogP contribution in [0.15, 0.2) is 67.0 Å². The first kappa shape index (κ1) is 21.0. The Morgan fingerprint density at radius 3 is 2.58 bits per heavy atom. The van der Waals surface area contributed by atoms with E-state index in [4.69, 9.17) is 9.72 Å². The quantitative estimate of drug-likeness (QED) is 0.357. The Hall–Kier alpha value is -3.25. The second-order valence-electron chi connectivity index (χ2n) is 7.56. The number of hydrogen-bond donors (Lipinski definition) is 0. The Bertz CT molecular complexity index is 1170. The normalized spacial score (nSPS) is 11.1. The number of para-hydroxylation sites is 1. The first-order valence-electron chi connectivity index (χ1n) is 10.4. The third-order valence-electron chi connectivity index (χ3n) is 5.01. The molecule has 1 amide bonds. The highest BCUT2D eigenvalue weighted by Gasteiger charge is 2.23. The molecule has 2 heterocycles. The summed E-state index contributed by atoms with van der Waals surface area (Å²) >= 11 is 1.54. The molecule has 0 unspecified atom stereocenters. The van der Waals surface area contributed by atoms with Crippen molar-refractivity contribution in [1.29, 1.82) is 0 Å².